The molecule has 2 rings (SSSR count). The van der Waals surface area contributed by atoms with Crippen LogP contribution in [0.1, 0.15) is 49.4 Å². The van der Waals surface area contributed by atoms with E-state index in [-0.39, 0.29) is 6.10 Å². The highest BCUT2D eigenvalue weighted by molar-refractivity contribution is 14.1. The summed E-state index contributed by atoms with van der Waals surface area (Å²) in [6.45, 7) is 5.93. The molecule has 1 aliphatic rings. The maximum atomic E-state index is 12.5. The smallest absolute Gasteiger partial charge is 0.344 e. The first-order valence-electron chi connectivity index (χ1n) is 8.61. The van der Waals surface area contributed by atoms with Crippen LogP contribution in [0.4, 0.5) is 0 Å². The lowest BCUT2D eigenvalue weighted by atomic mass is 9.98. The Morgan fingerprint density at radius 2 is 2.08 bits per heavy atom. The van der Waals surface area contributed by atoms with E-state index in [0.717, 1.165) is 16.4 Å². The van der Waals surface area contributed by atoms with Gasteiger partial charge in [0.05, 0.1) is 12.4 Å². The third kappa shape index (κ3) is 6.86. The second-order valence-corrected chi connectivity index (χ2v) is 7.14. The van der Waals surface area contributed by atoms with Crippen LogP contribution in [0.5, 0.6) is 5.75 Å². The van der Waals surface area contributed by atoms with Gasteiger partial charge in [-0.05, 0) is 60.6 Å². The Bertz CT molecular complexity index is 569. The molecular formula is C19H25IO5. The SMILES string of the molecule is C=COCCOc1ccc(I)cc1C(=O)OC(C)OC1CCCCC1. The monoisotopic (exact) mass is 460 g/mol. The molecule has 1 aromatic rings. The van der Waals surface area contributed by atoms with Crippen molar-refractivity contribution in [3.63, 3.8) is 0 Å². The Morgan fingerprint density at radius 1 is 1.32 bits per heavy atom. The molecule has 1 aliphatic carbocycles. The first-order chi connectivity index (χ1) is 12.1. The van der Waals surface area contributed by atoms with Gasteiger partial charge in [-0.1, -0.05) is 25.8 Å². The number of carbonyl (C=O) groups excluding carboxylic acids is 1. The van der Waals surface area contributed by atoms with E-state index in [9.17, 15) is 4.79 Å². The fourth-order valence-corrected chi connectivity index (χ4v) is 3.28. The zero-order valence-electron chi connectivity index (χ0n) is 14.5. The lowest BCUT2D eigenvalue weighted by molar-refractivity contribution is -0.137. The average Bonchev–Trinajstić information content (AvgIpc) is 2.60. The van der Waals surface area contributed by atoms with E-state index in [0.29, 0.717) is 24.5 Å². The highest BCUT2D eigenvalue weighted by atomic mass is 127. The van der Waals surface area contributed by atoms with Crippen molar-refractivity contribution >= 4 is 28.6 Å². The van der Waals surface area contributed by atoms with Gasteiger partial charge in [0, 0.05) is 3.57 Å². The molecule has 0 heterocycles. The van der Waals surface area contributed by atoms with Crippen molar-refractivity contribution in [1.82, 2.24) is 0 Å². The van der Waals surface area contributed by atoms with Crippen LogP contribution in [-0.4, -0.2) is 31.6 Å². The molecular weight excluding hydrogens is 435 g/mol. The third-order valence-electron chi connectivity index (χ3n) is 3.95. The first kappa shape index (κ1) is 20.0. The van der Waals surface area contributed by atoms with Crippen LogP contribution in [0.25, 0.3) is 0 Å². The molecule has 5 nitrogen and oxygen atoms in total. The predicted octanol–water partition coefficient (Wildman–Crippen LogP) is 4.68. The fourth-order valence-electron chi connectivity index (χ4n) is 2.78. The molecule has 1 fully saturated rings. The highest BCUT2D eigenvalue weighted by Gasteiger charge is 2.21. The van der Waals surface area contributed by atoms with Crippen molar-refractivity contribution in [1.29, 1.82) is 0 Å². The maximum absolute atomic E-state index is 12.5. The van der Waals surface area contributed by atoms with Gasteiger partial charge in [-0.3, -0.25) is 0 Å². The lowest BCUT2D eigenvalue weighted by Gasteiger charge is -2.25. The Morgan fingerprint density at radius 3 is 2.80 bits per heavy atom. The summed E-state index contributed by atoms with van der Waals surface area (Å²) in [5, 5.41) is 0. The van der Waals surface area contributed by atoms with Crippen molar-refractivity contribution in [2.45, 2.75) is 51.4 Å². The van der Waals surface area contributed by atoms with Gasteiger partial charge < -0.3 is 18.9 Å². The summed E-state index contributed by atoms with van der Waals surface area (Å²) in [4.78, 5) is 12.5. The molecule has 0 spiro atoms. The number of rotatable bonds is 9. The predicted molar refractivity (Wildman–Crippen MR) is 104 cm³/mol. The van der Waals surface area contributed by atoms with E-state index in [4.69, 9.17) is 18.9 Å². The summed E-state index contributed by atoms with van der Waals surface area (Å²) in [5.41, 5.74) is 0.393. The van der Waals surface area contributed by atoms with Crippen LogP contribution < -0.4 is 4.74 Å². The lowest BCUT2D eigenvalue weighted by Crippen LogP contribution is -2.26. The normalized spacial score (nSPS) is 16.1. The van der Waals surface area contributed by atoms with Crippen LogP contribution in [0.3, 0.4) is 0 Å². The summed E-state index contributed by atoms with van der Waals surface area (Å²) in [6.07, 6.45) is 6.62. The average molecular weight is 460 g/mol. The zero-order valence-corrected chi connectivity index (χ0v) is 16.7. The number of carbonyl (C=O) groups is 1. The molecule has 0 saturated heterocycles. The molecule has 0 aromatic heterocycles. The van der Waals surface area contributed by atoms with Gasteiger partial charge in [-0.25, -0.2) is 4.79 Å². The number of halogens is 1. The zero-order chi connectivity index (χ0) is 18.1. The van der Waals surface area contributed by atoms with E-state index < -0.39 is 12.3 Å². The van der Waals surface area contributed by atoms with Gasteiger partial charge in [0.25, 0.3) is 0 Å². The standard InChI is InChI=1S/C19H25IO5/c1-3-22-11-12-23-18-10-9-15(20)13-17(18)19(21)25-14(2)24-16-7-5-4-6-8-16/h3,9-10,13-14,16H,1,4-8,11-12H2,2H3. The number of benzene rings is 1. The Labute approximate surface area is 162 Å². The van der Waals surface area contributed by atoms with Crippen molar-refractivity contribution < 1.29 is 23.7 Å². The van der Waals surface area contributed by atoms with Gasteiger partial charge in [-0.15, -0.1) is 0 Å². The van der Waals surface area contributed by atoms with E-state index in [1.165, 1.54) is 25.5 Å². The van der Waals surface area contributed by atoms with Crippen LogP contribution in [-0.2, 0) is 14.2 Å². The largest absolute Gasteiger partial charge is 0.498 e. The summed E-state index contributed by atoms with van der Waals surface area (Å²) in [6, 6.07) is 5.39. The molecule has 0 N–H and O–H groups in total. The molecule has 1 saturated carbocycles. The van der Waals surface area contributed by atoms with Crippen LogP contribution in [0.15, 0.2) is 31.0 Å². The maximum Gasteiger partial charge on any atom is 0.344 e. The number of hydrogen-bond donors (Lipinski definition) is 0. The summed E-state index contributed by atoms with van der Waals surface area (Å²) in [7, 11) is 0. The molecule has 138 valence electrons. The van der Waals surface area contributed by atoms with Crippen molar-refractivity contribution in [3.05, 3.63) is 40.2 Å². The van der Waals surface area contributed by atoms with Crippen LogP contribution >= 0.6 is 22.6 Å². The molecule has 1 unspecified atom stereocenters. The third-order valence-corrected chi connectivity index (χ3v) is 4.62. The second kappa shape index (κ2) is 10.7. The Balaban J connectivity index is 1.94. The molecule has 1 atom stereocenters. The van der Waals surface area contributed by atoms with E-state index in [1.807, 2.05) is 6.07 Å². The molecule has 0 bridgehead atoms. The van der Waals surface area contributed by atoms with Crippen LogP contribution in [0.2, 0.25) is 0 Å². The van der Waals surface area contributed by atoms with E-state index in [1.54, 1.807) is 19.1 Å². The molecule has 0 radical (unpaired) electrons. The summed E-state index contributed by atoms with van der Waals surface area (Å²) in [5.74, 6) is 0.0319. The van der Waals surface area contributed by atoms with E-state index >= 15 is 0 Å². The fraction of sp³-hybridized carbons (Fsp3) is 0.526. The quantitative estimate of drug-likeness (QED) is 0.176. The molecule has 6 heteroatoms. The minimum Gasteiger partial charge on any atom is -0.498 e. The minimum absolute atomic E-state index is 0.180. The van der Waals surface area contributed by atoms with Crippen molar-refractivity contribution in [2.75, 3.05) is 13.2 Å². The Hall–Kier alpha value is -1.28. The van der Waals surface area contributed by atoms with Crippen LogP contribution in [0, 0.1) is 3.57 Å². The molecule has 0 amide bonds. The summed E-state index contributed by atoms with van der Waals surface area (Å²) < 4.78 is 22.9. The van der Waals surface area contributed by atoms with Gasteiger partial charge in [-0.2, -0.15) is 0 Å². The summed E-state index contributed by atoms with van der Waals surface area (Å²) >= 11 is 2.15. The number of esters is 1. The van der Waals surface area contributed by atoms with Gasteiger partial charge in [0.15, 0.2) is 0 Å². The number of hydrogen-bond acceptors (Lipinski definition) is 5. The molecule has 25 heavy (non-hydrogen) atoms. The number of ether oxygens (including phenoxy) is 4. The van der Waals surface area contributed by atoms with Crippen molar-refractivity contribution in [3.8, 4) is 5.75 Å². The molecule has 0 aliphatic heterocycles. The highest BCUT2D eigenvalue weighted by Crippen LogP contribution is 2.25. The van der Waals surface area contributed by atoms with Gasteiger partial charge in [0.1, 0.15) is 24.5 Å². The topological polar surface area (TPSA) is 54.0 Å². The van der Waals surface area contributed by atoms with Gasteiger partial charge >= 0.3 is 5.97 Å². The van der Waals surface area contributed by atoms with E-state index in [2.05, 4.69) is 29.2 Å². The minimum atomic E-state index is -0.578. The van der Waals surface area contributed by atoms with Gasteiger partial charge in [0.2, 0.25) is 6.29 Å². The Kier molecular flexibility index (Phi) is 8.54. The first-order valence-corrected chi connectivity index (χ1v) is 9.69. The second-order valence-electron chi connectivity index (χ2n) is 5.90. The molecule has 1 aromatic carbocycles. The van der Waals surface area contributed by atoms with Crippen molar-refractivity contribution in [2.24, 2.45) is 0 Å².